The van der Waals surface area contributed by atoms with Crippen molar-refractivity contribution >= 4 is 23.8 Å². The van der Waals surface area contributed by atoms with Crippen LogP contribution in [0.15, 0.2) is 0 Å². The third kappa shape index (κ3) is 3.84. The molecule has 1 fully saturated rings. The Hall–Kier alpha value is -2.32. The zero-order valence-electron chi connectivity index (χ0n) is 11.4. The molecule has 0 aromatic heterocycles. The summed E-state index contributed by atoms with van der Waals surface area (Å²) in [7, 11) is 2.87. The molecule has 1 heterocycles. The van der Waals surface area contributed by atoms with Crippen LogP contribution < -0.4 is 10.6 Å². The quantitative estimate of drug-likeness (QED) is 0.555. The van der Waals surface area contributed by atoms with Crippen molar-refractivity contribution in [2.45, 2.75) is 12.5 Å². The standard InChI is InChI=1S/C11H18N4O5/c1-12-8(16)6-14(2)11(20)15-4-3-13-10(19)7(15)5-9(17)18/h7H,3-6H2,1-2H3,(H,12,16)(H,13,19)(H,17,18). The van der Waals surface area contributed by atoms with E-state index in [0.29, 0.717) is 0 Å². The van der Waals surface area contributed by atoms with Gasteiger partial charge in [0.05, 0.1) is 6.42 Å². The number of nitrogens with one attached hydrogen (secondary N) is 2. The summed E-state index contributed by atoms with van der Waals surface area (Å²) in [4.78, 5) is 48.2. The summed E-state index contributed by atoms with van der Waals surface area (Å²) >= 11 is 0. The largest absolute Gasteiger partial charge is 0.481 e. The fourth-order valence-electron chi connectivity index (χ4n) is 1.89. The van der Waals surface area contributed by atoms with Gasteiger partial charge in [-0.25, -0.2) is 4.79 Å². The lowest BCUT2D eigenvalue weighted by molar-refractivity contribution is -0.142. The molecular formula is C11H18N4O5. The molecule has 0 saturated carbocycles. The van der Waals surface area contributed by atoms with Crippen LogP contribution in [0.25, 0.3) is 0 Å². The molecule has 4 amide bonds. The molecule has 0 aromatic rings. The Balaban J connectivity index is 2.78. The highest BCUT2D eigenvalue weighted by Gasteiger charge is 2.36. The summed E-state index contributed by atoms with van der Waals surface area (Å²) < 4.78 is 0. The van der Waals surface area contributed by atoms with Crippen LogP contribution in [0.4, 0.5) is 4.79 Å². The molecule has 0 bridgehead atoms. The Bertz CT molecular complexity index is 425. The van der Waals surface area contributed by atoms with E-state index in [1.807, 2.05) is 0 Å². The second-order valence-corrected chi connectivity index (χ2v) is 4.41. The number of urea groups is 1. The Morgan fingerprint density at radius 2 is 2.15 bits per heavy atom. The van der Waals surface area contributed by atoms with Gasteiger partial charge in [0.2, 0.25) is 11.8 Å². The van der Waals surface area contributed by atoms with Gasteiger partial charge in [0, 0.05) is 27.2 Å². The van der Waals surface area contributed by atoms with Gasteiger partial charge < -0.3 is 25.5 Å². The minimum atomic E-state index is -1.17. The van der Waals surface area contributed by atoms with Crippen LogP contribution >= 0.6 is 0 Å². The smallest absolute Gasteiger partial charge is 0.320 e. The Kier molecular flexibility index (Phi) is 5.30. The zero-order chi connectivity index (χ0) is 15.3. The van der Waals surface area contributed by atoms with E-state index >= 15 is 0 Å². The van der Waals surface area contributed by atoms with E-state index in [0.717, 1.165) is 4.90 Å². The molecule has 9 heteroatoms. The molecule has 0 spiro atoms. The Morgan fingerprint density at radius 3 is 2.70 bits per heavy atom. The molecule has 20 heavy (non-hydrogen) atoms. The highest BCUT2D eigenvalue weighted by molar-refractivity contribution is 5.92. The number of amides is 4. The number of piperazine rings is 1. The van der Waals surface area contributed by atoms with Gasteiger partial charge >= 0.3 is 12.0 Å². The first-order valence-corrected chi connectivity index (χ1v) is 6.08. The van der Waals surface area contributed by atoms with Crippen molar-refractivity contribution in [3.05, 3.63) is 0 Å². The van der Waals surface area contributed by atoms with Crippen molar-refractivity contribution in [3.63, 3.8) is 0 Å². The molecular weight excluding hydrogens is 268 g/mol. The monoisotopic (exact) mass is 286 g/mol. The number of carbonyl (C=O) groups is 4. The van der Waals surface area contributed by atoms with E-state index < -0.39 is 30.4 Å². The number of aliphatic carboxylic acids is 1. The maximum absolute atomic E-state index is 12.2. The minimum Gasteiger partial charge on any atom is -0.481 e. The number of likely N-dealkylation sites (N-methyl/N-ethyl adjacent to an activating group) is 2. The molecule has 1 unspecified atom stereocenters. The number of carboxylic acid groups (broad SMARTS) is 1. The van der Waals surface area contributed by atoms with Gasteiger partial charge in [0.25, 0.3) is 0 Å². The maximum atomic E-state index is 12.2. The fourth-order valence-corrected chi connectivity index (χ4v) is 1.89. The first-order chi connectivity index (χ1) is 9.36. The van der Waals surface area contributed by atoms with E-state index in [9.17, 15) is 19.2 Å². The van der Waals surface area contributed by atoms with Gasteiger partial charge in [-0.2, -0.15) is 0 Å². The molecule has 3 N–H and O–H groups in total. The summed E-state index contributed by atoms with van der Waals surface area (Å²) in [5, 5.41) is 13.7. The third-order valence-corrected chi connectivity index (χ3v) is 2.93. The molecule has 0 aromatic carbocycles. The number of carbonyl (C=O) groups excluding carboxylic acids is 3. The van der Waals surface area contributed by atoms with Crippen LogP contribution in [0.1, 0.15) is 6.42 Å². The summed E-state index contributed by atoms with van der Waals surface area (Å²) in [6.07, 6.45) is -0.467. The number of nitrogens with zero attached hydrogens (tertiary/aromatic N) is 2. The van der Waals surface area contributed by atoms with Crippen LogP contribution in [0, 0.1) is 0 Å². The van der Waals surface area contributed by atoms with Crippen molar-refractivity contribution in [1.29, 1.82) is 0 Å². The van der Waals surface area contributed by atoms with Gasteiger partial charge in [-0.1, -0.05) is 0 Å². The van der Waals surface area contributed by atoms with E-state index in [1.165, 1.54) is 19.0 Å². The number of hydrogen-bond donors (Lipinski definition) is 3. The van der Waals surface area contributed by atoms with Crippen LogP contribution in [-0.4, -0.2) is 78.5 Å². The molecule has 1 saturated heterocycles. The first kappa shape index (κ1) is 15.7. The second kappa shape index (κ2) is 6.73. The number of carboxylic acids is 1. The third-order valence-electron chi connectivity index (χ3n) is 2.93. The second-order valence-electron chi connectivity index (χ2n) is 4.41. The maximum Gasteiger partial charge on any atom is 0.320 e. The molecule has 1 rings (SSSR count). The summed E-state index contributed by atoms with van der Waals surface area (Å²) in [6.45, 7) is 0.308. The van der Waals surface area contributed by atoms with Crippen molar-refractivity contribution in [2.24, 2.45) is 0 Å². The van der Waals surface area contributed by atoms with Gasteiger partial charge in [-0.3, -0.25) is 14.4 Å². The lowest BCUT2D eigenvalue weighted by Gasteiger charge is -2.36. The van der Waals surface area contributed by atoms with Crippen molar-refractivity contribution in [2.75, 3.05) is 33.7 Å². The van der Waals surface area contributed by atoms with E-state index in [1.54, 1.807) is 0 Å². The van der Waals surface area contributed by atoms with Crippen molar-refractivity contribution in [1.82, 2.24) is 20.4 Å². The average Bonchev–Trinajstić information content (AvgIpc) is 2.39. The highest BCUT2D eigenvalue weighted by atomic mass is 16.4. The van der Waals surface area contributed by atoms with E-state index in [-0.39, 0.29) is 25.5 Å². The fraction of sp³-hybridized carbons (Fsp3) is 0.636. The van der Waals surface area contributed by atoms with Crippen LogP contribution in [-0.2, 0) is 14.4 Å². The molecule has 1 aliphatic heterocycles. The Labute approximate surface area is 115 Å². The lowest BCUT2D eigenvalue weighted by atomic mass is 10.1. The van der Waals surface area contributed by atoms with Crippen LogP contribution in [0.5, 0.6) is 0 Å². The topological polar surface area (TPSA) is 119 Å². The first-order valence-electron chi connectivity index (χ1n) is 6.08. The van der Waals surface area contributed by atoms with Crippen LogP contribution in [0.3, 0.4) is 0 Å². The normalized spacial score (nSPS) is 18.2. The Morgan fingerprint density at radius 1 is 1.50 bits per heavy atom. The summed E-state index contributed by atoms with van der Waals surface area (Å²) in [6, 6.07) is -1.60. The molecule has 1 atom stereocenters. The minimum absolute atomic E-state index is 0.159. The number of rotatable bonds is 4. The molecule has 0 radical (unpaired) electrons. The average molecular weight is 286 g/mol. The van der Waals surface area contributed by atoms with Gasteiger partial charge in [0.15, 0.2) is 0 Å². The molecule has 9 nitrogen and oxygen atoms in total. The summed E-state index contributed by atoms with van der Waals surface area (Å²) in [5.74, 6) is -2.02. The predicted octanol–water partition coefficient (Wildman–Crippen LogP) is -1.94. The SMILES string of the molecule is CNC(=O)CN(C)C(=O)N1CCNC(=O)C1CC(=O)O. The van der Waals surface area contributed by atoms with Gasteiger partial charge in [0.1, 0.15) is 12.6 Å². The molecule has 1 aliphatic rings. The molecule has 0 aliphatic carbocycles. The highest BCUT2D eigenvalue weighted by Crippen LogP contribution is 2.11. The van der Waals surface area contributed by atoms with Crippen molar-refractivity contribution < 1.29 is 24.3 Å². The summed E-state index contributed by atoms with van der Waals surface area (Å²) in [5.41, 5.74) is 0. The lowest BCUT2D eigenvalue weighted by Crippen LogP contribution is -2.60. The van der Waals surface area contributed by atoms with Crippen molar-refractivity contribution in [3.8, 4) is 0 Å². The van der Waals surface area contributed by atoms with Gasteiger partial charge in [-0.05, 0) is 0 Å². The van der Waals surface area contributed by atoms with E-state index in [2.05, 4.69) is 10.6 Å². The molecule has 112 valence electrons. The van der Waals surface area contributed by atoms with E-state index in [4.69, 9.17) is 5.11 Å². The predicted molar refractivity (Wildman–Crippen MR) is 67.8 cm³/mol. The zero-order valence-corrected chi connectivity index (χ0v) is 11.4. The van der Waals surface area contributed by atoms with Crippen LogP contribution in [0.2, 0.25) is 0 Å². The number of hydrogen-bond acceptors (Lipinski definition) is 4. The van der Waals surface area contributed by atoms with Gasteiger partial charge in [-0.15, -0.1) is 0 Å².